The minimum Gasteiger partial charge on any atom is -0.389 e. The van der Waals surface area contributed by atoms with Crippen LogP contribution in [0, 0.1) is 11.3 Å². The van der Waals surface area contributed by atoms with E-state index in [2.05, 4.69) is 10.4 Å². The summed E-state index contributed by atoms with van der Waals surface area (Å²) in [5, 5.41) is 26.2. The van der Waals surface area contributed by atoms with Gasteiger partial charge in [-0.1, -0.05) is 25.1 Å². The number of para-hydroxylation sites is 1. The molecule has 1 aromatic heterocycles. The van der Waals surface area contributed by atoms with Crippen molar-refractivity contribution in [3.05, 3.63) is 42.1 Å². The number of anilines is 1. The van der Waals surface area contributed by atoms with Crippen LogP contribution in [0.25, 0.3) is 5.69 Å². The van der Waals surface area contributed by atoms with Crippen LogP contribution in [0.15, 0.2) is 36.5 Å². The van der Waals surface area contributed by atoms with Crippen LogP contribution in [-0.4, -0.2) is 50.9 Å². The Kier molecular flexibility index (Phi) is 5.91. The van der Waals surface area contributed by atoms with Crippen LogP contribution in [0.4, 0.5) is 5.82 Å². The van der Waals surface area contributed by atoms with Crippen molar-refractivity contribution in [3.63, 3.8) is 0 Å². The number of hydrogen-bond acceptors (Lipinski definition) is 5. The molecule has 0 bridgehead atoms. The van der Waals surface area contributed by atoms with E-state index in [0.29, 0.717) is 24.5 Å². The molecular formula is C18H23N5O2. The molecule has 0 atom stereocenters. The molecule has 1 aromatic carbocycles. The first-order chi connectivity index (χ1) is 11.8. The molecule has 132 valence electrons. The largest absolute Gasteiger partial charge is 0.389 e. The Morgan fingerprint density at radius 1 is 1.40 bits per heavy atom. The van der Waals surface area contributed by atoms with E-state index >= 15 is 0 Å². The van der Waals surface area contributed by atoms with E-state index in [4.69, 9.17) is 0 Å². The summed E-state index contributed by atoms with van der Waals surface area (Å²) in [7, 11) is 0. The third-order valence-corrected chi connectivity index (χ3v) is 3.57. The van der Waals surface area contributed by atoms with Crippen LogP contribution in [0.2, 0.25) is 0 Å². The van der Waals surface area contributed by atoms with Crippen molar-refractivity contribution >= 4 is 11.7 Å². The van der Waals surface area contributed by atoms with Crippen molar-refractivity contribution in [2.75, 3.05) is 25.0 Å². The highest BCUT2D eigenvalue weighted by Gasteiger charge is 2.21. The van der Waals surface area contributed by atoms with Crippen LogP contribution in [0.1, 0.15) is 26.3 Å². The van der Waals surface area contributed by atoms with Gasteiger partial charge in [0.15, 0.2) is 5.82 Å². The van der Waals surface area contributed by atoms with E-state index in [0.717, 1.165) is 5.69 Å². The maximum atomic E-state index is 12.4. The highest BCUT2D eigenvalue weighted by atomic mass is 16.3. The Bertz CT molecular complexity index is 756. The lowest BCUT2D eigenvalue weighted by Crippen LogP contribution is -2.42. The Labute approximate surface area is 147 Å². The van der Waals surface area contributed by atoms with Gasteiger partial charge in [-0.2, -0.15) is 10.4 Å². The number of rotatable bonds is 7. The number of hydrogen-bond donors (Lipinski definition) is 2. The highest BCUT2D eigenvalue weighted by Crippen LogP contribution is 2.19. The van der Waals surface area contributed by atoms with E-state index in [9.17, 15) is 15.2 Å². The normalized spacial score (nSPS) is 11.4. The maximum Gasteiger partial charge on any atom is 0.239 e. The first-order valence-corrected chi connectivity index (χ1v) is 8.12. The van der Waals surface area contributed by atoms with Crippen LogP contribution in [0.3, 0.4) is 0 Å². The number of aliphatic hydroxyl groups is 1. The Hall–Kier alpha value is -2.69. The summed E-state index contributed by atoms with van der Waals surface area (Å²) in [6.07, 6.45) is 1.43. The zero-order chi connectivity index (χ0) is 18.4. The molecule has 0 saturated heterocycles. The average Bonchev–Trinajstić information content (AvgIpc) is 2.96. The van der Waals surface area contributed by atoms with E-state index < -0.39 is 5.60 Å². The fraction of sp³-hybridized carbons (Fsp3) is 0.389. The van der Waals surface area contributed by atoms with E-state index in [1.807, 2.05) is 48.2 Å². The Balaban J connectivity index is 2.18. The molecule has 1 amide bonds. The first kappa shape index (κ1) is 18.6. The molecule has 0 radical (unpaired) electrons. The standard InChI is InChI=1S/C18H23N5O2/c1-4-22(13-18(2,3)25)12-16(24)21-17-14(10-19)11-20-23(17)15-8-6-5-7-9-15/h5-9,11,25H,4,12-13H2,1-3H3,(H,21,24). The Morgan fingerprint density at radius 2 is 2.08 bits per heavy atom. The number of amides is 1. The number of nitrogens with zero attached hydrogens (tertiary/aromatic N) is 4. The summed E-state index contributed by atoms with van der Waals surface area (Å²) in [4.78, 5) is 14.3. The van der Waals surface area contributed by atoms with Crippen molar-refractivity contribution in [2.45, 2.75) is 26.4 Å². The number of benzene rings is 1. The monoisotopic (exact) mass is 341 g/mol. The molecule has 1 heterocycles. The molecule has 0 unspecified atom stereocenters. The fourth-order valence-electron chi connectivity index (χ4n) is 2.52. The molecule has 0 aliphatic heterocycles. The topological polar surface area (TPSA) is 94.2 Å². The molecule has 0 spiro atoms. The lowest BCUT2D eigenvalue weighted by molar-refractivity contribution is -0.117. The third-order valence-electron chi connectivity index (χ3n) is 3.57. The predicted octanol–water partition coefficient (Wildman–Crippen LogP) is 1.78. The predicted molar refractivity (Wildman–Crippen MR) is 95.3 cm³/mol. The van der Waals surface area contributed by atoms with Gasteiger partial charge in [-0.15, -0.1) is 0 Å². The summed E-state index contributed by atoms with van der Waals surface area (Å²) < 4.78 is 1.53. The van der Waals surface area contributed by atoms with E-state index in [1.54, 1.807) is 13.8 Å². The second-order valence-corrected chi connectivity index (χ2v) is 6.43. The van der Waals surface area contributed by atoms with Crippen molar-refractivity contribution < 1.29 is 9.90 Å². The number of carbonyl (C=O) groups is 1. The second kappa shape index (κ2) is 7.92. The number of likely N-dealkylation sites (N-methyl/N-ethyl adjacent to an activating group) is 1. The molecule has 0 aliphatic rings. The summed E-state index contributed by atoms with van der Waals surface area (Å²) in [6, 6.07) is 11.3. The summed E-state index contributed by atoms with van der Waals surface area (Å²) in [6.45, 7) is 6.44. The molecule has 25 heavy (non-hydrogen) atoms. The molecular weight excluding hydrogens is 318 g/mol. The highest BCUT2D eigenvalue weighted by molar-refractivity contribution is 5.92. The second-order valence-electron chi connectivity index (χ2n) is 6.43. The SMILES string of the molecule is CCN(CC(=O)Nc1c(C#N)cnn1-c1ccccc1)CC(C)(C)O. The quantitative estimate of drug-likeness (QED) is 0.800. The van der Waals surface area contributed by atoms with Gasteiger partial charge in [0.05, 0.1) is 24.0 Å². The lowest BCUT2D eigenvalue weighted by Gasteiger charge is -2.27. The molecule has 2 rings (SSSR count). The van der Waals surface area contributed by atoms with Crippen LogP contribution in [0.5, 0.6) is 0 Å². The van der Waals surface area contributed by atoms with Crippen molar-refractivity contribution in [2.24, 2.45) is 0 Å². The van der Waals surface area contributed by atoms with Gasteiger partial charge >= 0.3 is 0 Å². The van der Waals surface area contributed by atoms with Gasteiger partial charge in [0.1, 0.15) is 11.6 Å². The molecule has 0 fully saturated rings. The molecule has 0 aliphatic carbocycles. The number of nitriles is 1. The Morgan fingerprint density at radius 3 is 2.64 bits per heavy atom. The molecule has 7 heteroatoms. The molecule has 0 saturated carbocycles. The van der Waals surface area contributed by atoms with Gasteiger partial charge < -0.3 is 10.4 Å². The van der Waals surface area contributed by atoms with E-state index in [-0.39, 0.29) is 12.5 Å². The van der Waals surface area contributed by atoms with Crippen LogP contribution < -0.4 is 5.32 Å². The van der Waals surface area contributed by atoms with Gasteiger partial charge in [-0.05, 0) is 32.5 Å². The zero-order valence-corrected chi connectivity index (χ0v) is 14.7. The average molecular weight is 341 g/mol. The molecule has 2 N–H and O–H groups in total. The summed E-state index contributed by atoms with van der Waals surface area (Å²) >= 11 is 0. The minimum atomic E-state index is -0.889. The van der Waals surface area contributed by atoms with Crippen molar-refractivity contribution in [1.29, 1.82) is 5.26 Å². The van der Waals surface area contributed by atoms with Crippen molar-refractivity contribution in [1.82, 2.24) is 14.7 Å². The number of aromatic nitrogens is 2. The van der Waals surface area contributed by atoms with Gasteiger partial charge in [-0.25, -0.2) is 4.68 Å². The lowest BCUT2D eigenvalue weighted by atomic mass is 10.1. The van der Waals surface area contributed by atoms with Gasteiger partial charge in [-0.3, -0.25) is 9.69 Å². The fourth-order valence-corrected chi connectivity index (χ4v) is 2.52. The third kappa shape index (κ3) is 5.14. The smallest absolute Gasteiger partial charge is 0.239 e. The summed E-state index contributed by atoms with van der Waals surface area (Å²) in [5.41, 5.74) is 0.158. The van der Waals surface area contributed by atoms with Gasteiger partial charge in [0, 0.05) is 6.54 Å². The van der Waals surface area contributed by atoms with E-state index in [1.165, 1.54) is 10.9 Å². The van der Waals surface area contributed by atoms with Crippen LogP contribution >= 0.6 is 0 Å². The first-order valence-electron chi connectivity index (χ1n) is 8.12. The minimum absolute atomic E-state index is 0.116. The van der Waals surface area contributed by atoms with Crippen LogP contribution in [-0.2, 0) is 4.79 Å². The molecule has 7 nitrogen and oxygen atoms in total. The number of nitrogens with one attached hydrogen (secondary N) is 1. The molecule has 2 aromatic rings. The number of carbonyl (C=O) groups excluding carboxylic acids is 1. The van der Waals surface area contributed by atoms with Gasteiger partial charge in [0.25, 0.3) is 0 Å². The van der Waals surface area contributed by atoms with Crippen molar-refractivity contribution in [3.8, 4) is 11.8 Å². The maximum absolute atomic E-state index is 12.4. The van der Waals surface area contributed by atoms with Gasteiger partial charge in [0.2, 0.25) is 5.91 Å². The summed E-state index contributed by atoms with van der Waals surface area (Å²) in [5.74, 6) is 0.0818. The zero-order valence-electron chi connectivity index (χ0n) is 14.7.